The summed E-state index contributed by atoms with van der Waals surface area (Å²) in [7, 11) is 0. The van der Waals surface area contributed by atoms with Gasteiger partial charge in [-0.25, -0.2) is 0 Å². The number of benzene rings is 4. The van der Waals surface area contributed by atoms with E-state index in [0.29, 0.717) is 5.56 Å². The van der Waals surface area contributed by atoms with Crippen LogP contribution in [0.25, 0.3) is 33.6 Å². The normalized spacial score (nSPS) is 10.7. The molecule has 0 aliphatic carbocycles. The minimum atomic E-state index is -0.154. The van der Waals surface area contributed by atoms with E-state index in [1.807, 2.05) is 109 Å². The van der Waals surface area contributed by atoms with E-state index >= 15 is 0 Å². The minimum absolute atomic E-state index is 0.154. The highest BCUT2D eigenvalue weighted by atomic mass is 16.2. The number of nitrogens with zero attached hydrogens (tertiary/aromatic N) is 2. The van der Waals surface area contributed by atoms with E-state index in [4.69, 9.17) is 5.10 Å². The molecule has 31 heavy (non-hydrogen) atoms. The van der Waals surface area contributed by atoms with Crippen LogP contribution in [0.15, 0.2) is 121 Å². The molecular formula is C28H20N2O. The monoisotopic (exact) mass is 400 g/mol. The molecule has 0 spiro atoms. The second kappa shape index (κ2) is 8.25. The van der Waals surface area contributed by atoms with Crippen LogP contribution in [0.5, 0.6) is 0 Å². The van der Waals surface area contributed by atoms with Crippen molar-refractivity contribution in [1.82, 2.24) is 9.78 Å². The molecule has 0 saturated carbocycles. The van der Waals surface area contributed by atoms with Crippen LogP contribution in [0, 0.1) is 0 Å². The van der Waals surface area contributed by atoms with Gasteiger partial charge in [-0.3, -0.25) is 4.79 Å². The standard InChI is InChI=1S/C28H20N2O/c31-28(24-19-11-4-12-20-24)30-27(23-17-9-3-10-18-23)25(21-13-5-1-6-14-21)26(29-30)22-15-7-2-8-16-22/h1-20H. The quantitative estimate of drug-likeness (QED) is 0.342. The molecule has 0 aliphatic heterocycles. The van der Waals surface area contributed by atoms with Crippen LogP contribution in [-0.4, -0.2) is 15.7 Å². The Morgan fingerprint density at radius 3 is 1.55 bits per heavy atom. The van der Waals surface area contributed by atoms with Crippen molar-refractivity contribution in [2.75, 3.05) is 0 Å². The Labute approximate surface area is 181 Å². The summed E-state index contributed by atoms with van der Waals surface area (Å²) >= 11 is 0. The van der Waals surface area contributed by atoms with E-state index < -0.39 is 0 Å². The van der Waals surface area contributed by atoms with E-state index in [9.17, 15) is 4.79 Å². The minimum Gasteiger partial charge on any atom is -0.267 e. The SMILES string of the molecule is O=C(c1ccccc1)n1nc(-c2ccccc2)c(-c2ccccc2)c1-c1ccccc1. The number of carbonyl (C=O) groups is 1. The third-order valence-electron chi connectivity index (χ3n) is 5.26. The van der Waals surface area contributed by atoms with Crippen molar-refractivity contribution < 1.29 is 4.79 Å². The van der Waals surface area contributed by atoms with Crippen molar-refractivity contribution in [3.8, 4) is 33.6 Å². The largest absolute Gasteiger partial charge is 0.278 e. The highest BCUT2D eigenvalue weighted by Crippen LogP contribution is 2.40. The third-order valence-corrected chi connectivity index (χ3v) is 5.26. The van der Waals surface area contributed by atoms with Crippen molar-refractivity contribution in [3.05, 3.63) is 127 Å². The lowest BCUT2D eigenvalue weighted by Gasteiger charge is -2.10. The molecule has 4 aromatic carbocycles. The van der Waals surface area contributed by atoms with Gasteiger partial charge in [0.15, 0.2) is 0 Å². The zero-order valence-electron chi connectivity index (χ0n) is 16.8. The number of aromatic nitrogens is 2. The van der Waals surface area contributed by atoms with E-state index in [-0.39, 0.29) is 5.91 Å². The Balaban J connectivity index is 1.85. The van der Waals surface area contributed by atoms with Crippen molar-refractivity contribution in [3.63, 3.8) is 0 Å². The summed E-state index contributed by atoms with van der Waals surface area (Å²) in [5.41, 5.74) is 6.06. The number of rotatable bonds is 4. The van der Waals surface area contributed by atoms with Crippen LogP contribution < -0.4 is 0 Å². The van der Waals surface area contributed by atoms with Crippen molar-refractivity contribution >= 4 is 5.91 Å². The van der Waals surface area contributed by atoms with Crippen LogP contribution in [0.2, 0.25) is 0 Å². The second-order valence-electron chi connectivity index (χ2n) is 7.25. The molecule has 0 N–H and O–H groups in total. The highest BCUT2D eigenvalue weighted by Gasteiger charge is 2.25. The van der Waals surface area contributed by atoms with Crippen LogP contribution in [0.1, 0.15) is 10.4 Å². The Hall–Kier alpha value is -4.24. The average molecular weight is 400 g/mol. The van der Waals surface area contributed by atoms with Crippen LogP contribution in [0.3, 0.4) is 0 Å². The zero-order chi connectivity index (χ0) is 21.0. The number of carbonyl (C=O) groups excluding carboxylic acids is 1. The van der Waals surface area contributed by atoms with Gasteiger partial charge in [0.2, 0.25) is 0 Å². The molecular weight excluding hydrogens is 380 g/mol. The molecule has 0 saturated heterocycles. The summed E-state index contributed by atoms with van der Waals surface area (Å²) in [4.78, 5) is 13.6. The van der Waals surface area contributed by atoms with E-state index in [1.54, 1.807) is 4.68 Å². The maximum absolute atomic E-state index is 13.6. The molecule has 0 radical (unpaired) electrons. The summed E-state index contributed by atoms with van der Waals surface area (Å²) in [6, 6.07) is 39.4. The molecule has 0 unspecified atom stereocenters. The second-order valence-corrected chi connectivity index (χ2v) is 7.25. The predicted molar refractivity (Wildman–Crippen MR) is 125 cm³/mol. The van der Waals surface area contributed by atoms with Crippen LogP contribution >= 0.6 is 0 Å². The van der Waals surface area contributed by atoms with E-state index in [2.05, 4.69) is 12.1 Å². The third kappa shape index (κ3) is 3.58. The predicted octanol–water partition coefficient (Wildman–Crippen LogP) is 6.57. The molecule has 148 valence electrons. The van der Waals surface area contributed by atoms with Gasteiger partial charge in [0.25, 0.3) is 5.91 Å². The first kappa shape index (κ1) is 18.8. The summed E-state index contributed by atoms with van der Waals surface area (Å²) < 4.78 is 1.55. The molecule has 0 amide bonds. The molecule has 5 rings (SSSR count). The van der Waals surface area contributed by atoms with Gasteiger partial charge in [0.1, 0.15) is 5.69 Å². The van der Waals surface area contributed by atoms with Crippen molar-refractivity contribution in [2.24, 2.45) is 0 Å². The zero-order valence-corrected chi connectivity index (χ0v) is 16.8. The molecule has 0 fully saturated rings. The molecule has 3 heteroatoms. The molecule has 0 atom stereocenters. The van der Waals surface area contributed by atoms with Crippen molar-refractivity contribution in [1.29, 1.82) is 0 Å². The van der Waals surface area contributed by atoms with E-state index in [1.165, 1.54) is 0 Å². The smallest absolute Gasteiger partial charge is 0.267 e. The molecule has 0 aliphatic rings. The Morgan fingerprint density at radius 1 is 0.548 bits per heavy atom. The summed E-state index contributed by atoms with van der Waals surface area (Å²) in [6.45, 7) is 0. The lowest BCUT2D eigenvalue weighted by Crippen LogP contribution is -2.15. The number of hydrogen-bond acceptors (Lipinski definition) is 2. The highest BCUT2D eigenvalue weighted by molar-refractivity contribution is 6.02. The number of hydrogen-bond donors (Lipinski definition) is 0. The summed E-state index contributed by atoms with van der Waals surface area (Å²) in [6.07, 6.45) is 0. The van der Waals surface area contributed by atoms with Crippen LogP contribution in [-0.2, 0) is 0 Å². The first-order valence-corrected chi connectivity index (χ1v) is 10.2. The Kier molecular flexibility index (Phi) is 4.99. The Morgan fingerprint density at radius 2 is 1.00 bits per heavy atom. The fourth-order valence-corrected chi connectivity index (χ4v) is 3.81. The van der Waals surface area contributed by atoms with Gasteiger partial charge in [-0.2, -0.15) is 9.78 Å². The van der Waals surface area contributed by atoms with Gasteiger partial charge in [0, 0.05) is 22.3 Å². The average Bonchev–Trinajstić information content (AvgIpc) is 3.26. The van der Waals surface area contributed by atoms with Gasteiger partial charge in [-0.15, -0.1) is 0 Å². The molecule has 0 bridgehead atoms. The maximum atomic E-state index is 13.6. The first-order chi connectivity index (χ1) is 15.3. The van der Waals surface area contributed by atoms with Gasteiger partial charge < -0.3 is 0 Å². The molecule has 5 aromatic rings. The lowest BCUT2D eigenvalue weighted by atomic mass is 9.96. The fraction of sp³-hybridized carbons (Fsp3) is 0. The fourth-order valence-electron chi connectivity index (χ4n) is 3.81. The lowest BCUT2D eigenvalue weighted by molar-refractivity contribution is 0.0947. The van der Waals surface area contributed by atoms with Gasteiger partial charge in [-0.05, 0) is 17.7 Å². The molecule has 1 heterocycles. The van der Waals surface area contributed by atoms with Crippen molar-refractivity contribution in [2.45, 2.75) is 0 Å². The molecule has 1 aromatic heterocycles. The van der Waals surface area contributed by atoms with Gasteiger partial charge in [-0.1, -0.05) is 109 Å². The van der Waals surface area contributed by atoms with Gasteiger partial charge >= 0.3 is 0 Å². The maximum Gasteiger partial charge on any atom is 0.278 e. The summed E-state index contributed by atoms with van der Waals surface area (Å²) in [5, 5.41) is 4.88. The summed E-state index contributed by atoms with van der Waals surface area (Å²) in [5.74, 6) is -0.154. The topological polar surface area (TPSA) is 34.9 Å². The van der Waals surface area contributed by atoms with E-state index in [0.717, 1.165) is 33.6 Å². The first-order valence-electron chi connectivity index (χ1n) is 10.2. The molecule has 3 nitrogen and oxygen atoms in total. The van der Waals surface area contributed by atoms with Gasteiger partial charge in [0.05, 0.1) is 5.69 Å². The van der Waals surface area contributed by atoms with Crippen LogP contribution in [0.4, 0.5) is 0 Å². The Bertz CT molecular complexity index is 1310.